The number of benzene rings is 2. The van der Waals surface area contributed by atoms with Crippen LogP contribution in [-0.2, 0) is 26.2 Å². The van der Waals surface area contributed by atoms with Crippen molar-refractivity contribution in [1.82, 2.24) is 10.2 Å². The number of sulfonamides is 1. The van der Waals surface area contributed by atoms with Crippen LogP contribution in [-0.4, -0.2) is 50.0 Å². The second kappa shape index (κ2) is 12.0. The second-order valence-electron chi connectivity index (χ2n) is 8.67. The smallest absolute Gasteiger partial charge is 0.244 e. The van der Waals surface area contributed by atoms with Gasteiger partial charge < -0.3 is 10.2 Å². The quantitative estimate of drug-likeness (QED) is 0.436. The lowest BCUT2D eigenvalue weighted by Crippen LogP contribution is -2.52. The molecule has 0 saturated heterocycles. The summed E-state index contributed by atoms with van der Waals surface area (Å²) in [6.45, 7) is 1.18. The number of hydrogen-bond acceptors (Lipinski definition) is 4. The molecule has 0 aliphatic heterocycles. The number of rotatable bonds is 9. The number of nitrogens with one attached hydrogen (secondary N) is 1. The van der Waals surface area contributed by atoms with Gasteiger partial charge in [0.2, 0.25) is 21.8 Å². The maximum atomic E-state index is 13.6. The van der Waals surface area contributed by atoms with E-state index in [1.807, 2.05) is 0 Å². The van der Waals surface area contributed by atoms with Gasteiger partial charge >= 0.3 is 0 Å². The van der Waals surface area contributed by atoms with E-state index in [-0.39, 0.29) is 18.5 Å². The molecule has 2 amide bonds. The summed E-state index contributed by atoms with van der Waals surface area (Å²) in [5.74, 6) is -0.820. The molecule has 1 aliphatic carbocycles. The van der Waals surface area contributed by atoms with Crippen molar-refractivity contribution >= 4 is 66.7 Å². The van der Waals surface area contributed by atoms with Gasteiger partial charge in [0.05, 0.1) is 11.9 Å². The van der Waals surface area contributed by atoms with Gasteiger partial charge in [-0.3, -0.25) is 13.9 Å². The van der Waals surface area contributed by atoms with Gasteiger partial charge in [-0.15, -0.1) is 0 Å². The molecule has 0 aromatic heterocycles. The monoisotopic (exact) mass is 603 g/mol. The van der Waals surface area contributed by atoms with E-state index in [2.05, 4.69) is 21.2 Å². The number of amides is 2. The molecule has 11 heteroatoms. The lowest BCUT2D eigenvalue weighted by atomic mass is 10.1. The average Bonchev–Trinajstić information content (AvgIpc) is 3.28. The molecule has 0 unspecified atom stereocenters. The molecule has 0 spiro atoms. The number of anilines is 1. The van der Waals surface area contributed by atoms with Gasteiger partial charge in [0.1, 0.15) is 12.6 Å². The van der Waals surface area contributed by atoms with Crippen molar-refractivity contribution < 1.29 is 18.0 Å². The van der Waals surface area contributed by atoms with Crippen LogP contribution in [0.15, 0.2) is 46.9 Å². The average molecular weight is 605 g/mol. The predicted octanol–water partition coefficient (Wildman–Crippen LogP) is 5.00. The lowest BCUT2D eigenvalue weighted by Gasteiger charge is -2.32. The fraction of sp³-hybridized carbons (Fsp3) is 0.417. The maximum Gasteiger partial charge on any atom is 0.244 e. The summed E-state index contributed by atoms with van der Waals surface area (Å²) in [7, 11) is -3.79. The molecule has 2 aromatic rings. The summed E-state index contributed by atoms with van der Waals surface area (Å²) in [6.07, 6.45) is 4.95. The summed E-state index contributed by atoms with van der Waals surface area (Å²) >= 11 is 15.7. The fourth-order valence-corrected chi connectivity index (χ4v) is 5.75. The van der Waals surface area contributed by atoms with E-state index in [4.69, 9.17) is 23.2 Å². The van der Waals surface area contributed by atoms with Crippen LogP contribution in [0.2, 0.25) is 10.0 Å². The minimum absolute atomic E-state index is 0.0180. The number of halogens is 3. The molecule has 1 saturated carbocycles. The molecule has 0 radical (unpaired) electrons. The number of carbonyl (C=O) groups excluding carboxylic acids is 2. The van der Waals surface area contributed by atoms with Gasteiger partial charge in [-0.05, 0) is 55.7 Å². The Labute approximate surface area is 224 Å². The Bertz CT molecular complexity index is 1190. The Kier molecular flexibility index (Phi) is 9.48. The molecule has 7 nitrogen and oxygen atoms in total. The molecular formula is C24H28BrCl2N3O4S. The van der Waals surface area contributed by atoms with Crippen molar-refractivity contribution in [1.29, 1.82) is 0 Å². The Morgan fingerprint density at radius 1 is 1.14 bits per heavy atom. The van der Waals surface area contributed by atoms with E-state index in [9.17, 15) is 18.0 Å². The van der Waals surface area contributed by atoms with Crippen LogP contribution in [0.1, 0.15) is 38.2 Å². The van der Waals surface area contributed by atoms with Crippen molar-refractivity contribution in [2.75, 3.05) is 17.1 Å². The minimum atomic E-state index is -3.79. The van der Waals surface area contributed by atoms with Crippen LogP contribution in [0.25, 0.3) is 0 Å². The van der Waals surface area contributed by atoms with Gasteiger partial charge in [-0.25, -0.2) is 8.42 Å². The highest BCUT2D eigenvalue weighted by Gasteiger charge is 2.31. The van der Waals surface area contributed by atoms with Crippen molar-refractivity contribution in [3.05, 3.63) is 62.5 Å². The summed E-state index contributed by atoms with van der Waals surface area (Å²) in [5.41, 5.74) is 0.932. The summed E-state index contributed by atoms with van der Waals surface area (Å²) < 4.78 is 26.9. The Balaban J connectivity index is 1.90. The first kappa shape index (κ1) is 27.8. The first-order chi connectivity index (χ1) is 16.5. The minimum Gasteiger partial charge on any atom is -0.352 e. The largest absolute Gasteiger partial charge is 0.352 e. The number of carbonyl (C=O) groups is 2. The van der Waals surface area contributed by atoms with Crippen molar-refractivity contribution in [2.45, 2.75) is 51.2 Å². The molecule has 1 aliphatic rings. The maximum absolute atomic E-state index is 13.6. The van der Waals surface area contributed by atoms with Crippen LogP contribution in [0.4, 0.5) is 5.69 Å². The molecule has 2 aromatic carbocycles. The van der Waals surface area contributed by atoms with Gasteiger partial charge in [0, 0.05) is 27.1 Å². The summed E-state index contributed by atoms with van der Waals surface area (Å²) in [5, 5.41) is 3.82. The molecule has 1 atom stereocenters. The van der Waals surface area contributed by atoms with Gasteiger partial charge in [-0.1, -0.05) is 64.1 Å². The van der Waals surface area contributed by atoms with Gasteiger partial charge in [-0.2, -0.15) is 0 Å². The molecule has 1 fully saturated rings. The highest BCUT2D eigenvalue weighted by Crippen LogP contribution is 2.26. The molecular weight excluding hydrogens is 577 g/mol. The van der Waals surface area contributed by atoms with E-state index in [1.54, 1.807) is 49.4 Å². The van der Waals surface area contributed by atoms with Gasteiger partial charge in [0.15, 0.2) is 0 Å². The number of nitrogens with zero attached hydrogens (tertiary/aromatic N) is 2. The predicted molar refractivity (Wildman–Crippen MR) is 143 cm³/mol. The molecule has 1 N–H and O–H groups in total. The molecule has 190 valence electrons. The van der Waals surface area contributed by atoms with E-state index in [0.717, 1.165) is 36.2 Å². The SMILES string of the molecule is C[C@@H](C(=O)NC1CCCC1)N(Cc1ccc(Cl)cc1Cl)C(=O)CN(c1cccc(Br)c1)S(C)(=O)=O. The van der Waals surface area contributed by atoms with Crippen LogP contribution in [0, 0.1) is 0 Å². The van der Waals surface area contributed by atoms with Crippen molar-refractivity contribution in [2.24, 2.45) is 0 Å². The second-order valence-corrected chi connectivity index (χ2v) is 12.3. The normalized spacial score (nSPS) is 15.0. The zero-order valence-corrected chi connectivity index (χ0v) is 23.4. The Hall–Kier alpha value is -1.81. The Morgan fingerprint density at radius 3 is 2.43 bits per heavy atom. The molecule has 35 heavy (non-hydrogen) atoms. The third-order valence-electron chi connectivity index (χ3n) is 6.00. The highest BCUT2D eigenvalue weighted by molar-refractivity contribution is 9.10. The molecule has 0 heterocycles. The van der Waals surface area contributed by atoms with E-state index in [1.165, 1.54) is 4.90 Å². The standard InChI is InChI=1S/C24H28BrCl2N3O4S/c1-16(24(32)28-20-7-3-4-8-20)29(14-17-10-11-19(26)13-22(17)27)23(31)15-30(35(2,33)34)21-9-5-6-18(25)12-21/h5-6,9-13,16,20H,3-4,7-8,14-15H2,1-2H3,(H,28,32)/t16-/m0/s1. The topological polar surface area (TPSA) is 86.8 Å². The zero-order valence-electron chi connectivity index (χ0n) is 19.5. The zero-order chi connectivity index (χ0) is 25.8. The highest BCUT2D eigenvalue weighted by atomic mass is 79.9. The van der Waals surface area contributed by atoms with E-state index in [0.29, 0.717) is 25.8 Å². The van der Waals surface area contributed by atoms with E-state index < -0.39 is 28.5 Å². The van der Waals surface area contributed by atoms with Crippen molar-refractivity contribution in [3.8, 4) is 0 Å². The van der Waals surface area contributed by atoms with Gasteiger partial charge in [0.25, 0.3) is 0 Å². The summed E-state index contributed by atoms with van der Waals surface area (Å²) in [4.78, 5) is 28.0. The van der Waals surface area contributed by atoms with E-state index >= 15 is 0 Å². The van der Waals surface area contributed by atoms with Crippen LogP contribution >= 0.6 is 39.1 Å². The first-order valence-corrected chi connectivity index (χ1v) is 14.6. The Morgan fingerprint density at radius 2 is 1.83 bits per heavy atom. The third kappa shape index (κ3) is 7.59. The lowest BCUT2D eigenvalue weighted by molar-refractivity contribution is -0.139. The van der Waals surface area contributed by atoms with Crippen LogP contribution < -0.4 is 9.62 Å². The fourth-order valence-electron chi connectivity index (χ4n) is 4.05. The number of hydrogen-bond donors (Lipinski definition) is 1. The van der Waals surface area contributed by atoms with Crippen LogP contribution in [0.5, 0.6) is 0 Å². The summed E-state index contributed by atoms with van der Waals surface area (Å²) in [6, 6.07) is 10.8. The van der Waals surface area contributed by atoms with Crippen molar-refractivity contribution in [3.63, 3.8) is 0 Å². The van der Waals surface area contributed by atoms with Crippen LogP contribution in [0.3, 0.4) is 0 Å². The first-order valence-electron chi connectivity index (χ1n) is 11.2. The third-order valence-corrected chi connectivity index (χ3v) is 8.22. The molecule has 0 bridgehead atoms. The molecule has 3 rings (SSSR count).